The molecule has 7 heteroatoms. The maximum atomic E-state index is 12.5. The van der Waals surface area contributed by atoms with Crippen molar-refractivity contribution in [1.29, 1.82) is 0 Å². The molecule has 1 aromatic heterocycles. The number of esters is 1. The molecule has 0 aromatic carbocycles. The minimum absolute atomic E-state index is 0.279. The number of thiophene rings is 1. The van der Waals surface area contributed by atoms with Crippen LogP contribution < -0.4 is 4.72 Å². The fraction of sp³-hybridized carbons (Fsp3) is 0.615. The van der Waals surface area contributed by atoms with E-state index in [1.54, 1.807) is 0 Å². The summed E-state index contributed by atoms with van der Waals surface area (Å²) in [6.45, 7) is 1.81. The first-order valence-electron chi connectivity index (χ1n) is 6.58. The fourth-order valence-corrected chi connectivity index (χ4v) is 5.41. The first-order valence-corrected chi connectivity index (χ1v) is 9.00. The molecule has 1 heterocycles. The standard InChI is InChI=1S/C13H19NO4S2/c1-9(11-6-4-8-19-11)14-20(16,17)12-7-3-5-10(12)13(15)18-2/h4,6,8-10,12,14H,3,5,7H2,1-2H3/t9-,10?,12?/m1/s1. The van der Waals surface area contributed by atoms with Crippen LogP contribution >= 0.6 is 11.3 Å². The Morgan fingerprint density at radius 3 is 2.85 bits per heavy atom. The third kappa shape index (κ3) is 3.21. The van der Waals surface area contributed by atoms with Crippen LogP contribution in [0.5, 0.6) is 0 Å². The second-order valence-corrected chi connectivity index (χ2v) is 7.91. The Morgan fingerprint density at radius 1 is 1.50 bits per heavy atom. The highest BCUT2D eigenvalue weighted by atomic mass is 32.2. The van der Waals surface area contributed by atoms with Gasteiger partial charge in [0, 0.05) is 4.88 Å². The molecule has 0 spiro atoms. The van der Waals surface area contributed by atoms with E-state index < -0.39 is 27.2 Å². The Hall–Kier alpha value is -0.920. The van der Waals surface area contributed by atoms with E-state index in [1.807, 2.05) is 24.4 Å². The summed E-state index contributed by atoms with van der Waals surface area (Å²) in [6.07, 6.45) is 1.82. The molecule has 1 aliphatic carbocycles. The molecule has 1 saturated carbocycles. The normalized spacial score (nSPS) is 24.5. The average molecular weight is 317 g/mol. The van der Waals surface area contributed by atoms with E-state index in [0.717, 1.165) is 11.3 Å². The molecule has 0 radical (unpaired) electrons. The van der Waals surface area contributed by atoms with Gasteiger partial charge < -0.3 is 4.74 Å². The van der Waals surface area contributed by atoms with Gasteiger partial charge in [0.1, 0.15) is 0 Å². The molecule has 5 nitrogen and oxygen atoms in total. The summed E-state index contributed by atoms with van der Waals surface area (Å²) in [5.74, 6) is -0.977. The number of sulfonamides is 1. The SMILES string of the molecule is COC(=O)C1CCCC1S(=O)(=O)N[C@H](C)c1cccs1. The molecule has 0 saturated heterocycles. The van der Waals surface area contributed by atoms with Crippen LogP contribution in [0.25, 0.3) is 0 Å². The summed E-state index contributed by atoms with van der Waals surface area (Å²) >= 11 is 1.51. The van der Waals surface area contributed by atoms with Crippen LogP contribution in [-0.2, 0) is 19.6 Å². The van der Waals surface area contributed by atoms with Gasteiger partial charge in [0.2, 0.25) is 10.0 Å². The highest BCUT2D eigenvalue weighted by molar-refractivity contribution is 7.90. The predicted molar refractivity (Wildman–Crippen MR) is 77.9 cm³/mol. The quantitative estimate of drug-likeness (QED) is 0.844. The highest BCUT2D eigenvalue weighted by Gasteiger charge is 2.42. The number of hydrogen-bond acceptors (Lipinski definition) is 5. The van der Waals surface area contributed by atoms with Crippen molar-refractivity contribution in [1.82, 2.24) is 4.72 Å². The van der Waals surface area contributed by atoms with Crippen molar-refractivity contribution >= 4 is 27.3 Å². The molecule has 1 fully saturated rings. The zero-order chi connectivity index (χ0) is 14.8. The zero-order valence-electron chi connectivity index (χ0n) is 11.5. The van der Waals surface area contributed by atoms with Gasteiger partial charge in [-0.25, -0.2) is 13.1 Å². The Bertz CT molecular complexity index is 553. The number of nitrogens with one attached hydrogen (secondary N) is 1. The predicted octanol–water partition coefficient (Wildman–Crippen LogP) is 2.07. The van der Waals surface area contributed by atoms with Crippen molar-refractivity contribution in [2.45, 2.75) is 37.5 Å². The molecule has 3 atom stereocenters. The Kier molecular flexibility index (Phi) is 4.82. The molecule has 112 valence electrons. The molecule has 0 bridgehead atoms. The van der Waals surface area contributed by atoms with E-state index in [1.165, 1.54) is 18.4 Å². The molecule has 2 rings (SSSR count). The highest BCUT2D eigenvalue weighted by Crippen LogP contribution is 2.32. The molecule has 1 aromatic rings. The minimum atomic E-state index is -3.53. The summed E-state index contributed by atoms with van der Waals surface area (Å²) in [6, 6.07) is 3.50. The van der Waals surface area contributed by atoms with E-state index >= 15 is 0 Å². The lowest BCUT2D eigenvalue weighted by molar-refractivity contribution is -0.145. The Balaban J connectivity index is 2.11. The van der Waals surface area contributed by atoms with Crippen molar-refractivity contribution < 1.29 is 17.9 Å². The number of ether oxygens (including phenoxy) is 1. The number of carbonyl (C=O) groups is 1. The summed E-state index contributed by atoms with van der Waals surface area (Å²) in [7, 11) is -2.24. The average Bonchev–Trinajstić information content (AvgIpc) is 3.08. The minimum Gasteiger partial charge on any atom is -0.469 e. The van der Waals surface area contributed by atoms with Crippen molar-refractivity contribution in [2.75, 3.05) is 7.11 Å². The lowest BCUT2D eigenvalue weighted by Gasteiger charge is -2.21. The fourth-order valence-electron chi connectivity index (χ4n) is 2.65. The maximum absolute atomic E-state index is 12.5. The van der Waals surface area contributed by atoms with Crippen LogP contribution in [0.15, 0.2) is 17.5 Å². The van der Waals surface area contributed by atoms with E-state index in [4.69, 9.17) is 4.74 Å². The Labute approximate surface area is 123 Å². The van der Waals surface area contributed by atoms with Crippen molar-refractivity contribution in [3.05, 3.63) is 22.4 Å². The third-order valence-electron chi connectivity index (χ3n) is 3.67. The summed E-state index contributed by atoms with van der Waals surface area (Å²) in [4.78, 5) is 12.6. The molecular weight excluding hydrogens is 298 g/mol. The summed E-state index contributed by atoms with van der Waals surface area (Å²) in [5.41, 5.74) is 0. The van der Waals surface area contributed by atoms with Crippen molar-refractivity contribution in [2.24, 2.45) is 5.92 Å². The summed E-state index contributed by atoms with van der Waals surface area (Å²) in [5, 5.41) is 1.23. The van der Waals surface area contributed by atoms with Gasteiger partial charge >= 0.3 is 5.97 Å². The van der Waals surface area contributed by atoms with Gasteiger partial charge in [-0.05, 0) is 31.2 Å². The van der Waals surface area contributed by atoms with Gasteiger partial charge in [0.25, 0.3) is 0 Å². The lowest BCUT2D eigenvalue weighted by atomic mass is 10.1. The monoisotopic (exact) mass is 317 g/mol. The third-order valence-corrected chi connectivity index (χ3v) is 6.76. The lowest BCUT2D eigenvalue weighted by Crippen LogP contribution is -2.40. The molecule has 20 heavy (non-hydrogen) atoms. The van der Waals surface area contributed by atoms with Crippen molar-refractivity contribution in [3.63, 3.8) is 0 Å². The van der Waals surface area contributed by atoms with Gasteiger partial charge in [0.15, 0.2) is 0 Å². The smallest absolute Gasteiger partial charge is 0.310 e. The summed E-state index contributed by atoms with van der Waals surface area (Å²) < 4.78 is 32.3. The maximum Gasteiger partial charge on any atom is 0.310 e. The first-order chi connectivity index (χ1) is 9.45. The van der Waals surface area contributed by atoms with Crippen LogP contribution in [0.4, 0.5) is 0 Å². The number of methoxy groups -OCH3 is 1. The van der Waals surface area contributed by atoms with Crippen LogP contribution in [-0.4, -0.2) is 26.7 Å². The van der Waals surface area contributed by atoms with Crippen molar-refractivity contribution in [3.8, 4) is 0 Å². The largest absolute Gasteiger partial charge is 0.469 e. The van der Waals surface area contributed by atoms with Crippen LogP contribution in [0.3, 0.4) is 0 Å². The molecule has 1 aliphatic rings. The van der Waals surface area contributed by atoms with Crippen LogP contribution in [0, 0.1) is 5.92 Å². The van der Waals surface area contributed by atoms with E-state index in [-0.39, 0.29) is 6.04 Å². The topological polar surface area (TPSA) is 72.5 Å². The molecule has 1 N–H and O–H groups in total. The second kappa shape index (κ2) is 6.24. The Morgan fingerprint density at radius 2 is 2.25 bits per heavy atom. The van der Waals surface area contributed by atoms with E-state index in [2.05, 4.69) is 4.72 Å². The first kappa shape index (κ1) is 15.5. The molecule has 0 aliphatic heterocycles. The number of hydrogen-bond donors (Lipinski definition) is 1. The molecular formula is C13H19NO4S2. The van der Waals surface area contributed by atoms with Crippen LogP contribution in [0.1, 0.15) is 37.1 Å². The van der Waals surface area contributed by atoms with Gasteiger partial charge in [-0.3, -0.25) is 4.79 Å². The zero-order valence-corrected chi connectivity index (χ0v) is 13.2. The van der Waals surface area contributed by atoms with Gasteiger partial charge in [-0.2, -0.15) is 0 Å². The molecule has 2 unspecified atom stereocenters. The van der Waals surface area contributed by atoms with Crippen LogP contribution in [0.2, 0.25) is 0 Å². The van der Waals surface area contributed by atoms with Gasteiger partial charge in [-0.15, -0.1) is 11.3 Å². The second-order valence-electron chi connectivity index (χ2n) is 5.00. The molecule has 0 amide bonds. The number of carbonyl (C=O) groups excluding carboxylic acids is 1. The van der Waals surface area contributed by atoms with E-state index in [9.17, 15) is 13.2 Å². The van der Waals surface area contributed by atoms with Gasteiger partial charge in [0.05, 0.1) is 24.3 Å². The van der Waals surface area contributed by atoms with E-state index in [0.29, 0.717) is 12.8 Å². The van der Waals surface area contributed by atoms with Gasteiger partial charge in [-0.1, -0.05) is 12.5 Å². The number of rotatable bonds is 5.